The Hall–Kier alpha value is -2.15. The Morgan fingerprint density at radius 3 is 2.44 bits per heavy atom. The maximum absolute atomic E-state index is 13.1. The molecule has 3 aromatic rings. The van der Waals surface area contributed by atoms with E-state index in [1.54, 1.807) is 18.2 Å². The minimum absolute atomic E-state index is 0.101. The van der Waals surface area contributed by atoms with Gasteiger partial charge in [0.2, 0.25) is 0 Å². The van der Waals surface area contributed by atoms with E-state index in [9.17, 15) is 18.0 Å². The molecule has 9 heteroatoms. The number of furan rings is 1. The molecule has 3 nitrogen and oxygen atoms in total. The summed E-state index contributed by atoms with van der Waals surface area (Å²) in [5.74, 6) is -0.795. The highest BCUT2D eigenvalue weighted by atomic mass is 35.5. The molecule has 27 heavy (non-hydrogen) atoms. The molecule has 2 aromatic carbocycles. The zero-order chi connectivity index (χ0) is 19.8. The summed E-state index contributed by atoms with van der Waals surface area (Å²) in [7, 11) is 0. The molecule has 3 rings (SSSR count). The summed E-state index contributed by atoms with van der Waals surface area (Å²) in [6.45, 7) is 0. The van der Waals surface area contributed by atoms with Gasteiger partial charge in [-0.1, -0.05) is 40.9 Å². The van der Waals surface area contributed by atoms with E-state index >= 15 is 0 Å². The molecule has 0 saturated heterocycles. The minimum atomic E-state index is -4.68. The van der Waals surface area contributed by atoms with E-state index in [0.717, 1.165) is 12.1 Å². The second-order valence-corrected chi connectivity index (χ2v) is 6.63. The molecule has 1 amide bonds. The van der Waals surface area contributed by atoms with Crippen molar-refractivity contribution in [2.75, 3.05) is 5.32 Å². The van der Waals surface area contributed by atoms with E-state index in [4.69, 9.17) is 39.2 Å². The zero-order valence-electron chi connectivity index (χ0n) is 13.2. The van der Waals surface area contributed by atoms with Crippen molar-refractivity contribution in [3.8, 4) is 11.3 Å². The second-order valence-electron chi connectivity index (χ2n) is 5.41. The van der Waals surface area contributed by atoms with E-state index in [1.807, 2.05) is 0 Å². The van der Waals surface area contributed by atoms with Crippen LogP contribution < -0.4 is 5.32 Å². The standard InChI is InChI=1S/C18H9Cl3F3NO2/c19-9-4-5-13(11(8-9)18(22,23)24)25-17(26)15-7-6-14(27-15)10-2-1-3-12(20)16(10)21/h1-8H,(H,25,26). The molecule has 0 bridgehead atoms. The number of hydrogen-bond acceptors (Lipinski definition) is 2. The molecule has 0 unspecified atom stereocenters. The quantitative estimate of drug-likeness (QED) is 0.474. The number of rotatable bonds is 3. The minimum Gasteiger partial charge on any atom is -0.451 e. The first-order chi connectivity index (χ1) is 12.7. The van der Waals surface area contributed by atoms with E-state index in [0.29, 0.717) is 10.6 Å². The third-order valence-corrected chi connectivity index (χ3v) is 4.64. The van der Waals surface area contributed by atoms with Gasteiger partial charge in [0.05, 0.1) is 21.3 Å². The lowest BCUT2D eigenvalue weighted by atomic mass is 10.1. The third kappa shape index (κ3) is 4.24. The monoisotopic (exact) mass is 433 g/mol. The molecule has 0 aliphatic heterocycles. The van der Waals surface area contributed by atoms with E-state index in [-0.39, 0.29) is 21.6 Å². The van der Waals surface area contributed by atoms with Crippen LogP contribution >= 0.6 is 34.8 Å². The second kappa shape index (κ2) is 7.46. The molecule has 0 aliphatic carbocycles. The van der Waals surface area contributed by atoms with Crippen molar-refractivity contribution < 1.29 is 22.4 Å². The van der Waals surface area contributed by atoms with Gasteiger partial charge in [0.1, 0.15) is 5.76 Å². The molecule has 140 valence electrons. The smallest absolute Gasteiger partial charge is 0.418 e. The third-order valence-electron chi connectivity index (χ3n) is 3.58. The number of nitrogens with one attached hydrogen (secondary N) is 1. The van der Waals surface area contributed by atoms with Gasteiger partial charge in [0, 0.05) is 10.6 Å². The van der Waals surface area contributed by atoms with Crippen LogP contribution in [0, 0.1) is 0 Å². The SMILES string of the molecule is O=C(Nc1ccc(Cl)cc1C(F)(F)F)c1ccc(-c2cccc(Cl)c2Cl)o1. The molecular formula is C18H9Cl3F3NO2. The van der Waals surface area contributed by atoms with E-state index < -0.39 is 23.3 Å². The Bertz CT molecular complexity index is 1020. The highest BCUT2D eigenvalue weighted by molar-refractivity contribution is 6.43. The van der Waals surface area contributed by atoms with Gasteiger partial charge in [-0.05, 0) is 42.5 Å². The van der Waals surface area contributed by atoms with Crippen LogP contribution in [0.15, 0.2) is 52.9 Å². The molecule has 0 aliphatic rings. The Morgan fingerprint density at radius 1 is 1.00 bits per heavy atom. The maximum Gasteiger partial charge on any atom is 0.418 e. The highest BCUT2D eigenvalue weighted by Crippen LogP contribution is 2.37. The molecule has 0 spiro atoms. The summed E-state index contributed by atoms with van der Waals surface area (Å²) >= 11 is 17.7. The Labute approximate surface area is 166 Å². The summed E-state index contributed by atoms with van der Waals surface area (Å²) in [5, 5.41) is 2.61. The first-order valence-corrected chi connectivity index (χ1v) is 8.52. The van der Waals surface area contributed by atoms with Crippen molar-refractivity contribution >= 4 is 46.4 Å². The van der Waals surface area contributed by atoms with Crippen molar-refractivity contribution in [2.24, 2.45) is 0 Å². The summed E-state index contributed by atoms with van der Waals surface area (Å²) in [6, 6.07) is 10.7. The van der Waals surface area contributed by atoms with Crippen LogP contribution in [-0.2, 0) is 6.18 Å². The van der Waals surface area contributed by atoms with Gasteiger partial charge in [-0.3, -0.25) is 4.79 Å². The molecular weight excluding hydrogens is 426 g/mol. The number of benzene rings is 2. The molecule has 1 heterocycles. The predicted octanol–water partition coefficient (Wildman–Crippen LogP) is 7.18. The van der Waals surface area contributed by atoms with Crippen LogP contribution in [0.3, 0.4) is 0 Å². The normalized spacial score (nSPS) is 11.5. The Kier molecular flexibility index (Phi) is 5.42. The summed E-state index contributed by atoms with van der Waals surface area (Å²) in [6.07, 6.45) is -4.68. The first-order valence-electron chi connectivity index (χ1n) is 7.39. The number of halogens is 6. The van der Waals surface area contributed by atoms with Crippen molar-refractivity contribution in [3.05, 3.63) is 74.9 Å². The van der Waals surface area contributed by atoms with Crippen molar-refractivity contribution in [1.29, 1.82) is 0 Å². The zero-order valence-corrected chi connectivity index (χ0v) is 15.5. The summed E-state index contributed by atoms with van der Waals surface area (Å²) in [5.41, 5.74) is -1.05. The lowest BCUT2D eigenvalue weighted by Gasteiger charge is -2.13. The average Bonchev–Trinajstić information content (AvgIpc) is 3.08. The van der Waals surface area contributed by atoms with E-state index in [1.165, 1.54) is 18.2 Å². The highest BCUT2D eigenvalue weighted by Gasteiger charge is 2.34. The first kappa shape index (κ1) is 19.6. The topological polar surface area (TPSA) is 42.2 Å². The van der Waals surface area contributed by atoms with Crippen LogP contribution in [0.5, 0.6) is 0 Å². The van der Waals surface area contributed by atoms with Gasteiger partial charge in [-0.2, -0.15) is 13.2 Å². The van der Waals surface area contributed by atoms with Gasteiger partial charge < -0.3 is 9.73 Å². The number of carbonyl (C=O) groups excluding carboxylic acids is 1. The maximum atomic E-state index is 13.1. The van der Waals surface area contributed by atoms with Gasteiger partial charge in [0.15, 0.2) is 5.76 Å². The Morgan fingerprint density at radius 2 is 1.74 bits per heavy atom. The fourth-order valence-electron chi connectivity index (χ4n) is 2.34. The summed E-state index contributed by atoms with van der Waals surface area (Å²) in [4.78, 5) is 12.3. The van der Waals surface area contributed by atoms with Gasteiger partial charge in [-0.25, -0.2) is 0 Å². The van der Waals surface area contributed by atoms with Gasteiger partial charge >= 0.3 is 6.18 Å². The average molecular weight is 435 g/mol. The number of carbonyl (C=O) groups is 1. The molecule has 1 N–H and O–H groups in total. The molecule has 0 radical (unpaired) electrons. The van der Waals surface area contributed by atoms with Gasteiger partial charge in [-0.15, -0.1) is 0 Å². The van der Waals surface area contributed by atoms with Gasteiger partial charge in [0.25, 0.3) is 5.91 Å². The van der Waals surface area contributed by atoms with Crippen molar-refractivity contribution in [3.63, 3.8) is 0 Å². The molecule has 0 atom stereocenters. The predicted molar refractivity (Wildman–Crippen MR) is 98.6 cm³/mol. The van der Waals surface area contributed by atoms with Crippen LogP contribution in [0.25, 0.3) is 11.3 Å². The fraction of sp³-hybridized carbons (Fsp3) is 0.0556. The number of amides is 1. The van der Waals surface area contributed by atoms with Crippen molar-refractivity contribution in [1.82, 2.24) is 0 Å². The van der Waals surface area contributed by atoms with E-state index in [2.05, 4.69) is 5.32 Å². The summed E-state index contributed by atoms with van der Waals surface area (Å²) < 4.78 is 44.8. The molecule has 1 aromatic heterocycles. The molecule has 0 fully saturated rings. The van der Waals surface area contributed by atoms with Crippen LogP contribution in [-0.4, -0.2) is 5.91 Å². The largest absolute Gasteiger partial charge is 0.451 e. The number of alkyl halides is 3. The van der Waals surface area contributed by atoms with Crippen LogP contribution in [0.4, 0.5) is 18.9 Å². The fourth-order valence-corrected chi connectivity index (χ4v) is 2.91. The Balaban J connectivity index is 1.89. The lowest BCUT2D eigenvalue weighted by molar-refractivity contribution is -0.136. The number of hydrogen-bond donors (Lipinski definition) is 1. The van der Waals surface area contributed by atoms with Crippen LogP contribution in [0.1, 0.15) is 16.1 Å². The van der Waals surface area contributed by atoms with Crippen molar-refractivity contribution in [2.45, 2.75) is 6.18 Å². The lowest BCUT2D eigenvalue weighted by Crippen LogP contribution is -2.16. The molecule has 0 saturated carbocycles. The van der Waals surface area contributed by atoms with Crippen LogP contribution in [0.2, 0.25) is 15.1 Å². The number of anilines is 1.